The molecule has 0 bridgehead atoms. The first-order chi connectivity index (χ1) is 14.0. The molecule has 0 aliphatic heterocycles. The van der Waals surface area contributed by atoms with Gasteiger partial charge in [-0.2, -0.15) is 4.68 Å². The fourth-order valence-electron chi connectivity index (χ4n) is 3.19. The molecule has 1 heterocycles. The minimum atomic E-state index is -0.300. The summed E-state index contributed by atoms with van der Waals surface area (Å²) in [6.45, 7) is 12.4. The molecule has 3 aromatic rings. The minimum Gasteiger partial charge on any atom is -0.294 e. The Kier molecular flexibility index (Phi) is 5.88. The van der Waals surface area contributed by atoms with Crippen LogP contribution in [0.2, 0.25) is 0 Å². The maximum Gasteiger partial charge on any atom is 0.163 e. The van der Waals surface area contributed by atoms with E-state index in [0.717, 1.165) is 17.5 Å². The molecule has 0 amide bonds. The van der Waals surface area contributed by atoms with E-state index in [0.29, 0.717) is 23.5 Å². The van der Waals surface area contributed by atoms with Crippen LogP contribution in [0.15, 0.2) is 42.5 Å². The third-order valence-corrected chi connectivity index (χ3v) is 5.40. The van der Waals surface area contributed by atoms with E-state index in [1.54, 1.807) is 16.8 Å². The number of hydrogen-bond acceptors (Lipinski definition) is 4. The Balaban J connectivity index is 2.15. The quantitative estimate of drug-likeness (QED) is 0.486. The van der Waals surface area contributed by atoms with Crippen LogP contribution >= 0.6 is 0 Å². The first kappa shape index (κ1) is 21.8. The second kappa shape index (κ2) is 8.09. The average Bonchev–Trinajstić information content (AvgIpc) is 3.18. The van der Waals surface area contributed by atoms with E-state index in [2.05, 4.69) is 36.3 Å². The molecule has 30 heavy (non-hydrogen) atoms. The van der Waals surface area contributed by atoms with Crippen molar-refractivity contribution in [2.24, 2.45) is 5.41 Å². The highest BCUT2D eigenvalue weighted by Crippen LogP contribution is 2.31. The molecule has 0 atom stereocenters. The summed E-state index contributed by atoms with van der Waals surface area (Å²) in [6, 6.07) is 11.9. The third kappa shape index (κ3) is 4.81. The highest BCUT2D eigenvalue weighted by Gasteiger charge is 2.25. The molecule has 0 unspecified atom stereocenters. The van der Waals surface area contributed by atoms with Crippen molar-refractivity contribution in [3.8, 4) is 16.8 Å². The van der Waals surface area contributed by atoms with Crippen molar-refractivity contribution in [2.75, 3.05) is 0 Å². The van der Waals surface area contributed by atoms with E-state index in [1.165, 1.54) is 12.1 Å². The Bertz CT molecular complexity index is 1050. The minimum absolute atomic E-state index is 0.0671. The predicted molar refractivity (Wildman–Crippen MR) is 116 cm³/mol. The predicted octanol–water partition coefficient (Wildman–Crippen LogP) is 5.77. The van der Waals surface area contributed by atoms with Crippen LogP contribution in [0.1, 0.15) is 70.6 Å². The van der Waals surface area contributed by atoms with Gasteiger partial charge in [0, 0.05) is 17.4 Å². The second-order valence-corrected chi connectivity index (χ2v) is 9.56. The molecular weight excluding hydrogens is 379 g/mol. The Morgan fingerprint density at radius 2 is 1.67 bits per heavy atom. The van der Waals surface area contributed by atoms with Crippen molar-refractivity contribution < 1.29 is 9.18 Å². The Morgan fingerprint density at radius 1 is 1.00 bits per heavy atom. The van der Waals surface area contributed by atoms with Gasteiger partial charge in [-0.1, -0.05) is 60.1 Å². The maximum atomic E-state index is 13.4. The molecule has 1 aromatic heterocycles. The van der Waals surface area contributed by atoms with Crippen LogP contribution in [0.3, 0.4) is 0 Å². The Labute approximate surface area is 177 Å². The maximum absolute atomic E-state index is 13.4. The zero-order valence-electron chi connectivity index (χ0n) is 18.5. The molecule has 6 heteroatoms. The van der Waals surface area contributed by atoms with E-state index >= 15 is 0 Å². The van der Waals surface area contributed by atoms with Crippen LogP contribution in [0.4, 0.5) is 4.39 Å². The van der Waals surface area contributed by atoms with Crippen LogP contribution < -0.4 is 0 Å². The van der Waals surface area contributed by atoms with Gasteiger partial charge in [0.2, 0.25) is 0 Å². The van der Waals surface area contributed by atoms with Gasteiger partial charge in [0.15, 0.2) is 11.6 Å². The molecule has 0 spiro atoms. The summed E-state index contributed by atoms with van der Waals surface area (Å²) >= 11 is 0. The summed E-state index contributed by atoms with van der Waals surface area (Å²) in [6.07, 6.45) is 1.35. The van der Waals surface area contributed by atoms with Crippen molar-refractivity contribution >= 4 is 5.78 Å². The summed E-state index contributed by atoms with van der Waals surface area (Å²) in [5, 5.41) is 12.2. The van der Waals surface area contributed by atoms with Gasteiger partial charge in [0.25, 0.3) is 0 Å². The van der Waals surface area contributed by atoms with Crippen LogP contribution in [0.5, 0.6) is 0 Å². The number of carbonyl (C=O) groups is 1. The largest absolute Gasteiger partial charge is 0.294 e. The molecule has 0 fully saturated rings. The van der Waals surface area contributed by atoms with Crippen LogP contribution in [0.25, 0.3) is 16.8 Å². The van der Waals surface area contributed by atoms with Gasteiger partial charge in [-0.15, -0.1) is 5.10 Å². The molecule has 0 saturated carbocycles. The lowest BCUT2D eigenvalue weighted by Crippen LogP contribution is -2.19. The lowest BCUT2D eigenvalue weighted by molar-refractivity contribution is 0.0928. The highest BCUT2D eigenvalue weighted by atomic mass is 19.1. The zero-order chi connectivity index (χ0) is 22.1. The first-order valence-corrected chi connectivity index (χ1v) is 10.2. The van der Waals surface area contributed by atoms with Gasteiger partial charge in [0.1, 0.15) is 5.82 Å². The normalized spacial score (nSPS) is 12.2. The van der Waals surface area contributed by atoms with Gasteiger partial charge in [0.05, 0.1) is 5.69 Å². The number of Topliss-reactive ketones (excluding diaryl/α,β-unsaturated/α-hetero) is 1. The number of halogens is 1. The standard InChI is InChI=1S/C24H29FN4O/c1-7-24(5,6)15-21(30)18-12-17(16-8-10-19(25)11-9-16)13-20(14-18)29-22(23(2,3)4)26-27-28-29/h8-14H,7,15H2,1-6H3. The van der Waals surface area contributed by atoms with Gasteiger partial charge in [-0.3, -0.25) is 4.79 Å². The number of benzene rings is 2. The van der Waals surface area contributed by atoms with Gasteiger partial charge < -0.3 is 0 Å². The lowest BCUT2D eigenvalue weighted by atomic mass is 9.83. The number of aromatic nitrogens is 4. The SMILES string of the molecule is CCC(C)(C)CC(=O)c1cc(-c2ccc(F)cc2)cc(-n2nnnc2C(C)(C)C)c1. The molecular formula is C24H29FN4O. The van der Waals surface area contributed by atoms with Crippen LogP contribution in [-0.2, 0) is 5.41 Å². The molecule has 158 valence electrons. The summed E-state index contributed by atoms with van der Waals surface area (Å²) in [5.74, 6) is 0.467. The molecule has 2 aromatic carbocycles. The fourth-order valence-corrected chi connectivity index (χ4v) is 3.19. The van der Waals surface area contributed by atoms with Crippen LogP contribution in [0, 0.1) is 11.2 Å². The van der Waals surface area contributed by atoms with E-state index in [4.69, 9.17) is 0 Å². The lowest BCUT2D eigenvalue weighted by Gasteiger charge is -2.22. The van der Waals surface area contributed by atoms with Crippen molar-refractivity contribution in [2.45, 2.75) is 59.8 Å². The molecule has 3 rings (SSSR count). The first-order valence-electron chi connectivity index (χ1n) is 10.2. The monoisotopic (exact) mass is 408 g/mol. The van der Waals surface area contributed by atoms with Gasteiger partial charge >= 0.3 is 0 Å². The number of ketones is 1. The van der Waals surface area contributed by atoms with E-state index in [-0.39, 0.29) is 22.4 Å². The summed E-state index contributed by atoms with van der Waals surface area (Å²) in [7, 11) is 0. The van der Waals surface area contributed by atoms with Crippen LogP contribution in [-0.4, -0.2) is 26.0 Å². The second-order valence-electron chi connectivity index (χ2n) is 9.56. The van der Waals surface area contributed by atoms with Crippen molar-refractivity contribution in [3.05, 3.63) is 59.7 Å². The number of carbonyl (C=O) groups excluding carboxylic acids is 1. The summed E-state index contributed by atoms with van der Waals surface area (Å²) < 4.78 is 15.1. The average molecular weight is 409 g/mol. The molecule has 0 radical (unpaired) electrons. The number of tetrazole rings is 1. The molecule has 0 saturated heterocycles. The number of nitrogens with zero attached hydrogens (tertiary/aromatic N) is 4. The smallest absolute Gasteiger partial charge is 0.163 e. The van der Waals surface area contributed by atoms with Crippen molar-refractivity contribution in [1.82, 2.24) is 20.2 Å². The van der Waals surface area contributed by atoms with E-state index in [9.17, 15) is 9.18 Å². The third-order valence-electron chi connectivity index (χ3n) is 5.40. The van der Waals surface area contributed by atoms with Gasteiger partial charge in [-0.25, -0.2) is 4.39 Å². The fraction of sp³-hybridized carbons (Fsp3) is 0.417. The van der Waals surface area contributed by atoms with E-state index < -0.39 is 0 Å². The zero-order valence-corrected chi connectivity index (χ0v) is 18.5. The summed E-state index contributed by atoms with van der Waals surface area (Å²) in [4.78, 5) is 13.1. The molecule has 0 aliphatic carbocycles. The Hall–Kier alpha value is -2.89. The highest BCUT2D eigenvalue weighted by molar-refractivity contribution is 5.98. The number of hydrogen-bond donors (Lipinski definition) is 0. The molecule has 0 N–H and O–H groups in total. The molecule has 5 nitrogen and oxygen atoms in total. The van der Waals surface area contributed by atoms with E-state index in [1.807, 2.05) is 39.0 Å². The van der Waals surface area contributed by atoms with Crippen molar-refractivity contribution in [3.63, 3.8) is 0 Å². The topological polar surface area (TPSA) is 60.7 Å². The number of rotatable bonds is 6. The van der Waals surface area contributed by atoms with Gasteiger partial charge in [-0.05, 0) is 57.3 Å². The summed E-state index contributed by atoms with van der Waals surface area (Å²) in [5.41, 5.74) is 2.60. The van der Waals surface area contributed by atoms with Crippen molar-refractivity contribution in [1.29, 1.82) is 0 Å². The molecule has 0 aliphatic rings. The Morgan fingerprint density at radius 3 is 2.27 bits per heavy atom.